The number of methoxy groups -OCH3 is 2. The lowest BCUT2D eigenvalue weighted by Gasteiger charge is -2.11. The van der Waals surface area contributed by atoms with Crippen LogP contribution in [0, 0.1) is 0 Å². The first-order valence-corrected chi connectivity index (χ1v) is 10.7. The Morgan fingerprint density at radius 1 is 0.529 bits per heavy atom. The van der Waals surface area contributed by atoms with Gasteiger partial charge in [0.15, 0.2) is 0 Å². The van der Waals surface area contributed by atoms with Crippen molar-refractivity contribution in [2.75, 3.05) is 24.9 Å². The van der Waals surface area contributed by atoms with Gasteiger partial charge in [-0.25, -0.2) is 0 Å². The van der Waals surface area contributed by atoms with Crippen LogP contribution in [0.15, 0.2) is 97.1 Å². The molecule has 0 saturated carbocycles. The maximum absolute atomic E-state index is 12.6. The molecule has 0 radical (unpaired) electrons. The van der Waals surface area contributed by atoms with E-state index in [-0.39, 0.29) is 11.8 Å². The predicted octanol–water partition coefficient (Wildman–Crippen LogP) is 5.88. The lowest BCUT2D eigenvalue weighted by Crippen LogP contribution is -2.12. The van der Waals surface area contributed by atoms with Crippen LogP contribution in [0.5, 0.6) is 11.5 Å². The van der Waals surface area contributed by atoms with E-state index >= 15 is 0 Å². The van der Waals surface area contributed by atoms with Crippen molar-refractivity contribution in [2.24, 2.45) is 0 Å². The molecule has 4 rings (SSSR count). The highest BCUT2D eigenvalue weighted by atomic mass is 16.5. The molecule has 4 aromatic carbocycles. The van der Waals surface area contributed by atoms with Gasteiger partial charge in [-0.05, 0) is 59.7 Å². The van der Waals surface area contributed by atoms with Crippen molar-refractivity contribution in [3.8, 4) is 22.6 Å². The standard InChI is InChI=1S/C28H24N2O4/c1-33-25-9-5-3-7-23(25)29-27(31)21-15-11-19(12-16-21)20-13-17-22(18-14-20)28(32)30-24-8-4-6-10-26(24)34-2/h3-18H,1-2H3,(H,29,31)(H,30,32). The van der Waals surface area contributed by atoms with Crippen LogP contribution in [0.4, 0.5) is 11.4 Å². The quantitative estimate of drug-likeness (QED) is 0.367. The van der Waals surface area contributed by atoms with Gasteiger partial charge >= 0.3 is 0 Å². The Morgan fingerprint density at radius 2 is 0.882 bits per heavy atom. The van der Waals surface area contributed by atoms with Gasteiger partial charge in [0.05, 0.1) is 25.6 Å². The summed E-state index contributed by atoms with van der Waals surface area (Å²) in [5, 5.41) is 5.74. The molecule has 0 spiro atoms. The molecule has 0 atom stereocenters. The van der Waals surface area contributed by atoms with Crippen LogP contribution in [-0.2, 0) is 0 Å². The second-order valence-corrected chi connectivity index (χ2v) is 7.46. The van der Waals surface area contributed by atoms with E-state index in [2.05, 4.69) is 10.6 Å². The van der Waals surface area contributed by atoms with Crippen LogP contribution in [0.1, 0.15) is 20.7 Å². The second-order valence-electron chi connectivity index (χ2n) is 7.46. The van der Waals surface area contributed by atoms with E-state index in [1.807, 2.05) is 48.5 Å². The maximum Gasteiger partial charge on any atom is 0.255 e. The fourth-order valence-corrected chi connectivity index (χ4v) is 3.51. The SMILES string of the molecule is COc1ccccc1NC(=O)c1ccc(-c2ccc(C(=O)Nc3ccccc3OC)cc2)cc1. The number of carbonyl (C=O) groups is 2. The van der Waals surface area contributed by atoms with Crippen LogP contribution >= 0.6 is 0 Å². The molecule has 4 aromatic rings. The minimum Gasteiger partial charge on any atom is -0.495 e. The van der Waals surface area contributed by atoms with Crippen molar-refractivity contribution in [2.45, 2.75) is 0 Å². The van der Waals surface area contributed by atoms with Crippen molar-refractivity contribution in [3.05, 3.63) is 108 Å². The van der Waals surface area contributed by atoms with E-state index in [1.54, 1.807) is 62.8 Å². The van der Waals surface area contributed by atoms with Gasteiger partial charge in [-0.2, -0.15) is 0 Å². The van der Waals surface area contributed by atoms with Crippen molar-refractivity contribution < 1.29 is 19.1 Å². The summed E-state index contributed by atoms with van der Waals surface area (Å²) in [6.45, 7) is 0. The number of rotatable bonds is 7. The molecule has 0 aliphatic rings. The largest absolute Gasteiger partial charge is 0.495 e. The van der Waals surface area contributed by atoms with Crippen molar-refractivity contribution in [1.82, 2.24) is 0 Å². The maximum atomic E-state index is 12.6. The lowest BCUT2D eigenvalue weighted by atomic mass is 10.0. The van der Waals surface area contributed by atoms with Gasteiger partial charge in [0.1, 0.15) is 11.5 Å². The fraction of sp³-hybridized carbons (Fsp3) is 0.0714. The van der Waals surface area contributed by atoms with Crippen LogP contribution in [0.25, 0.3) is 11.1 Å². The molecule has 0 saturated heterocycles. The number of hydrogen-bond donors (Lipinski definition) is 2. The molecule has 0 fully saturated rings. The van der Waals surface area contributed by atoms with Gasteiger partial charge < -0.3 is 20.1 Å². The lowest BCUT2D eigenvalue weighted by molar-refractivity contribution is 0.101. The number of hydrogen-bond acceptors (Lipinski definition) is 4. The minimum absolute atomic E-state index is 0.223. The van der Waals surface area contributed by atoms with Gasteiger partial charge in [-0.3, -0.25) is 9.59 Å². The van der Waals surface area contributed by atoms with Crippen molar-refractivity contribution in [1.29, 1.82) is 0 Å². The molecule has 2 amide bonds. The molecule has 6 nitrogen and oxygen atoms in total. The molecule has 6 heteroatoms. The summed E-state index contributed by atoms with van der Waals surface area (Å²) in [6, 6.07) is 29.1. The first kappa shape index (κ1) is 22.6. The van der Waals surface area contributed by atoms with Crippen molar-refractivity contribution >= 4 is 23.2 Å². The molecule has 0 unspecified atom stereocenters. The Hall–Kier alpha value is -4.58. The third kappa shape index (κ3) is 5.07. The third-order valence-corrected chi connectivity index (χ3v) is 5.34. The first-order chi connectivity index (χ1) is 16.6. The molecule has 2 N–H and O–H groups in total. The summed E-state index contributed by atoms with van der Waals surface area (Å²) in [5.41, 5.74) is 4.16. The van der Waals surface area contributed by atoms with E-state index < -0.39 is 0 Å². The molecule has 0 aromatic heterocycles. The van der Waals surface area contributed by atoms with Crippen LogP contribution in [-0.4, -0.2) is 26.0 Å². The molecule has 0 aliphatic carbocycles. The second kappa shape index (κ2) is 10.4. The highest BCUT2D eigenvalue weighted by Gasteiger charge is 2.11. The summed E-state index contributed by atoms with van der Waals surface area (Å²) in [6.07, 6.45) is 0. The zero-order valence-corrected chi connectivity index (χ0v) is 18.9. The monoisotopic (exact) mass is 452 g/mol. The fourth-order valence-electron chi connectivity index (χ4n) is 3.51. The summed E-state index contributed by atoms with van der Waals surface area (Å²) < 4.78 is 10.6. The molecule has 0 bridgehead atoms. The number of amides is 2. The Morgan fingerprint density at radius 3 is 1.24 bits per heavy atom. The zero-order chi connectivity index (χ0) is 23.9. The smallest absolute Gasteiger partial charge is 0.255 e. The number of carbonyl (C=O) groups excluding carboxylic acids is 2. The summed E-state index contributed by atoms with van der Waals surface area (Å²) in [7, 11) is 3.13. The Balaban J connectivity index is 1.44. The highest BCUT2D eigenvalue weighted by molar-refractivity contribution is 6.06. The summed E-state index contributed by atoms with van der Waals surface area (Å²) in [5.74, 6) is 0.753. The first-order valence-electron chi connectivity index (χ1n) is 10.7. The number of ether oxygens (including phenoxy) is 2. The summed E-state index contributed by atoms with van der Waals surface area (Å²) >= 11 is 0. The minimum atomic E-state index is -0.223. The van der Waals surface area contributed by atoms with Crippen molar-refractivity contribution in [3.63, 3.8) is 0 Å². The van der Waals surface area contributed by atoms with Crippen LogP contribution in [0.2, 0.25) is 0 Å². The molecule has 34 heavy (non-hydrogen) atoms. The number of benzene rings is 4. The Kier molecular flexibility index (Phi) is 6.89. The van der Waals surface area contributed by atoms with Crippen LogP contribution < -0.4 is 20.1 Å². The topological polar surface area (TPSA) is 76.7 Å². The number of para-hydroxylation sites is 4. The van der Waals surface area contributed by atoms with E-state index in [4.69, 9.17) is 9.47 Å². The normalized spacial score (nSPS) is 10.3. The van der Waals surface area contributed by atoms with Gasteiger partial charge in [0.25, 0.3) is 11.8 Å². The van der Waals surface area contributed by atoms with E-state index in [9.17, 15) is 9.59 Å². The highest BCUT2D eigenvalue weighted by Crippen LogP contribution is 2.26. The van der Waals surface area contributed by atoms with Gasteiger partial charge in [-0.15, -0.1) is 0 Å². The van der Waals surface area contributed by atoms with E-state index in [0.717, 1.165) is 11.1 Å². The molecule has 170 valence electrons. The average molecular weight is 453 g/mol. The summed E-state index contributed by atoms with van der Waals surface area (Å²) in [4.78, 5) is 25.3. The third-order valence-electron chi connectivity index (χ3n) is 5.34. The van der Waals surface area contributed by atoms with Gasteiger partial charge in [0, 0.05) is 11.1 Å². The Labute approximate surface area is 198 Å². The molecule has 0 heterocycles. The zero-order valence-electron chi connectivity index (χ0n) is 18.9. The Bertz CT molecular complexity index is 1200. The van der Waals surface area contributed by atoms with E-state index in [0.29, 0.717) is 34.0 Å². The average Bonchev–Trinajstić information content (AvgIpc) is 2.89. The van der Waals surface area contributed by atoms with E-state index in [1.165, 1.54) is 0 Å². The van der Waals surface area contributed by atoms with Crippen LogP contribution in [0.3, 0.4) is 0 Å². The molecular weight excluding hydrogens is 428 g/mol. The van der Waals surface area contributed by atoms with Gasteiger partial charge in [0.2, 0.25) is 0 Å². The molecular formula is C28H24N2O4. The predicted molar refractivity (Wildman–Crippen MR) is 134 cm³/mol. The molecule has 0 aliphatic heterocycles. The van der Waals surface area contributed by atoms with Gasteiger partial charge in [-0.1, -0.05) is 48.5 Å². The number of nitrogens with one attached hydrogen (secondary N) is 2. The number of anilines is 2.